The number of carbonyl (C=O) groups excluding carboxylic acids is 2. The zero-order chi connectivity index (χ0) is 30.7. The number of likely N-dealkylation sites (tertiary alicyclic amines) is 2. The summed E-state index contributed by atoms with van der Waals surface area (Å²) < 4.78 is 1.13. The number of thiophene rings is 1. The number of nitrogens with zero attached hydrogens (tertiary/aromatic N) is 4. The number of aryl methyl sites for hydroxylation is 1. The van der Waals surface area contributed by atoms with Crippen molar-refractivity contribution in [2.24, 2.45) is 0 Å². The molecule has 2 aliphatic heterocycles. The number of halogens is 2. The molecule has 0 N–H and O–H groups in total. The molecule has 1 atom stereocenters. The van der Waals surface area contributed by atoms with Crippen molar-refractivity contribution in [3.8, 4) is 0 Å². The largest absolute Gasteiger partial charge is 0.347 e. The number of likely N-dealkylation sites (N-methyl/N-ethyl adjacent to an activating group) is 2. The van der Waals surface area contributed by atoms with E-state index in [0.29, 0.717) is 16.6 Å². The highest BCUT2D eigenvalue weighted by atomic mass is 35.5. The maximum atomic E-state index is 13.6. The molecule has 1 aromatic heterocycles. The Morgan fingerprint density at radius 2 is 1.65 bits per heavy atom. The molecule has 232 valence electrons. The van der Waals surface area contributed by atoms with E-state index in [2.05, 4.69) is 34.9 Å². The van der Waals surface area contributed by atoms with Gasteiger partial charge in [0.1, 0.15) is 5.54 Å². The summed E-state index contributed by atoms with van der Waals surface area (Å²) in [5.41, 5.74) is 1.89. The fourth-order valence-electron chi connectivity index (χ4n) is 6.89. The summed E-state index contributed by atoms with van der Waals surface area (Å²) in [6.07, 6.45) is 6.18. The first-order valence-corrected chi connectivity index (χ1v) is 17.0. The van der Waals surface area contributed by atoms with Gasteiger partial charge in [-0.1, -0.05) is 53.4 Å². The standard InChI is InChI=1S/C34H44Cl2N4O2S/c1-24-8-11-30-27(20-24)22-31(43-30)32(41)38(4)23-26(25-9-10-28(35)29(36)21-25)12-17-39-18-13-34(14-19-39,33(42)37(2)3)40-15-6-5-7-16-40/h8-11,20-22,26H,5-7,12-19,23H2,1-4H3. The molecule has 5 rings (SSSR count). The molecular weight excluding hydrogens is 599 g/mol. The SMILES string of the molecule is Cc1ccc2sc(C(=O)N(C)CC(CCN3CCC(C(=O)N(C)C)(N4CCCCC4)CC3)c3ccc(Cl)c(Cl)c3)cc2c1. The predicted molar refractivity (Wildman–Crippen MR) is 180 cm³/mol. The van der Waals surface area contributed by atoms with Crippen molar-refractivity contribution in [2.75, 3.05) is 60.4 Å². The molecule has 3 aromatic rings. The van der Waals surface area contributed by atoms with E-state index in [1.54, 1.807) is 16.2 Å². The lowest BCUT2D eigenvalue weighted by Crippen LogP contribution is -2.64. The Labute approximate surface area is 270 Å². The smallest absolute Gasteiger partial charge is 0.263 e. The topological polar surface area (TPSA) is 47.1 Å². The van der Waals surface area contributed by atoms with Crippen LogP contribution in [0, 0.1) is 6.92 Å². The molecule has 0 radical (unpaired) electrons. The van der Waals surface area contributed by atoms with Crippen molar-refractivity contribution >= 4 is 56.4 Å². The summed E-state index contributed by atoms with van der Waals surface area (Å²) in [6.45, 7) is 7.34. The van der Waals surface area contributed by atoms with E-state index in [1.807, 2.05) is 50.3 Å². The minimum atomic E-state index is -0.390. The number of rotatable bonds is 9. The fraction of sp³-hybridized carbons (Fsp3) is 0.529. The second kappa shape index (κ2) is 13.9. The first-order valence-electron chi connectivity index (χ1n) is 15.5. The van der Waals surface area contributed by atoms with Crippen LogP contribution in [0.5, 0.6) is 0 Å². The number of hydrogen-bond donors (Lipinski definition) is 0. The van der Waals surface area contributed by atoms with E-state index in [1.165, 1.54) is 24.8 Å². The Hall–Kier alpha value is -2.16. The number of piperidine rings is 2. The third-order valence-electron chi connectivity index (χ3n) is 9.38. The second-order valence-corrected chi connectivity index (χ2v) is 14.5. The maximum absolute atomic E-state index is 13.6. The van der Waals surface area contributed by atoms with Gasteiger partial charge in [-0.05, 0) is 93.9 Å². The Morgan fingerprint density at radius 1 is 0.930 bits per heavy atom. The van der Waals surface area contributed by atoms with Gasteiger partial charge in [0, 0.05) is 51.4 Å². The fourth-order valence-corrected chi connectivity index (χ4v) is 8.23. The minimum Gasteiger partial charge on any atom is -0.347 e. The first-order chi connectivity index (χ1) is 20.6. The van der Waals surface area contributed by atoms with Gasteiger partial charge in [0.25, 0.3) is 5.91 Å². The Balaban J connectivity index is 1.28. The van der Waals surface area contributed by atoms with Gasteiger partial charge < -0.3 is 14.7 Å². The quantitative estimate of drug-likeness (QED) is 0.248. The molecule has 2 aliphatic rings. The van der Waals surface area contributed by atoms with Crippen LogP contribution >= 0.6 is 34.5 Å². The normalized spacial score (nSPS) is 18.5. The molecule has 43 heavy (non-hydrogen) atoms. The first kappa shape index (κ1) is 32.2. The van der Waals surface area contributed by atoms with E-state index in [9.17, 15) is 9.59 Å². The lowest BCUT2D eigenvalue weighted by molar-refractivity contribution is -0.147. The van der Waals surface area contributed by atoms with Crippen molar-refractivity contribution in [3.05, 3.63) is 68.5 Å². The highest BCUT2D eigenvalue weighted by Gasteiger charge is 2.47. The molecule has 0 saturated carbocycles. The van der Waals surface area contributed by atoms with Gasteiger partial charge in [-0.3, -0.25) is 14.5 Å². The molecule has 0 bridgehead atoms. The van der Waals surface area contributed by atoms with Gasteiger partial charge in [-0.15, -0.1) is 11.3 Å². The summed E-state index contributed by atoms with van der Waals surface area (Å²) in [6, 6.07) is 14.2. The number of carbonyl (C=O) groups is 2. The number of hydrogen-bond acceptors (Lipinski definition) is 5. The van der Waals surface area contributed by atoms with Crippen LogP contribution in [0.3, 0.4) is 0 Å². The molecule has 0 aliphatic carbocycles. The third kappa shape index (κ3) is 7.23. The Kier molecular flexibility index (Phi) is 10.4. The summed E-state index contributed by atoms with van der Waals surface area (Å²) >= 11 is 14.3. The number of amides is 2. The van der Waals surface area contributed by atoms with Crippen LogP contribution < -0.4 is 0 Å². The van der Waals surface area contributed by atoms with Crippen molar-refractivity contribution in [2.45, 2.75) is 56.9 Å². The zero-order valence-electron chi connectivity index (χ0n) is 25.9. The Morgan fingerprint density at radius 3 is 2.33 bits per heavy atom. The summed E-state index contributed by atoms with van der Waals surface area (Å²) in [5.74, 6) is 0.382. The average molecular weight is 644 g/mol. The highest BCUT2D eigenvalue weighted by Crippen LogP contribution is 2.35. The van der Waals surface area contributed by atoms with E-state index < -0.39 is 0 Å². The van der Waals surface area contributed by atoms with Gasteiger partial charge in [0.2, 0.25) is 5.91 Å². The number of benzene rings is 2. The van der Waals surface area contributed by atoms with Crippen molar-refractivity contribution in [3.63, 3.8) is 0 Å². The molecule has 2 amide bonds. The van der Waals surface area contributed by atoms with E-state index in [0.717, 1.165) is 72.5 Å². The molecule has 2 saturated heterocycles. The Bertz CT molecular complexity index is 1440. The average Bonchev–Trinajstić information content (AvgIpc) is 3.43. The van der Waals surface area contributed by atoms with Crippen LogP contribution in [0.25, 0.3) is 10.1 Å². The van der Waals surface area contributed by atoms with Crippen molar-refractivity contribution in [1.82, 2.24) is 19.6 Å². The highest BCUT2D eigenvalue weighted by molar-refractivity contribution is 7.20. The molecule has 0 spiro atoms. The maximum Gasteiger partial charge on any atom is 0.263 e. The molecule has 2 fully saturated rings. The van der Waals surface area contributed by atoms with Crippen molar-refractivity contribution < 1.29 is 9.59 Å². The minimum absolute atomic E-state index is 0.0374. The zero-order valence-corrected chi connectivity index (χ0v) is 28.2. The van der Waals surface area contributed by atoms with E-state index in [-0.39, 0.29) is 23.3 Å². The summed E-state index contributed by atoms with van der Waals surface area (Å²) in [7, 11) is 5.67. The van der Waals surface area contributed by atoms with E-state index >= 15 is 0 Å². The third-order valence-corrected chi connectivity index (χ3v) is 11.2. The van der Waals surface area contributed by atoms with Gasteiger partial charge in [-0.2, -0.15) is 0 Å². The summed E-state index contributed by atoms with van der Waals surface area (Å²) in [4.78, 5) is 36.4. The molecule has 2 aromatic carbocycles. The van der Waals surface area contributed by atoms with Crippen molar-refractivity contribution in [1.29, 1.82) is 0 Å². The number of fused-ring (bicyclic) bond motifs is 1. The lowest BCUT2D eigenvalue weighted by Gasteiger charge is -2.50. The van der Waals surface area contributed by atoms with Gasteiger partial charge in [0.05, 0.1) is 14.9 Å². The van der Waals surface area contributed by atoms with Crippen LogP contribution in [0.15, 0.2) is 42.5 Å². The van der Waals surface area contributed by atoms with Crippen LogP contribution in [0.4, 0.5) is 0 Å². The molecular formula is C34H44Cl2N4O2S. The van der Waals surface area contributed by atoms with Crippen LogP contribution in [0.1, 0.15) is 65.2 Å². The molecule has 9 heteroatoms. The van der Waals surface area contributed by atoms with Gasteiger partial charge >= 0.3 is 0 Å². The molecule has 1 unspecified atom stereocenters. The lowest BCUT2D eigenvalue weighted by atomic mass is 9.82. The van der Waals surface area contributed by atoms with E-state index in [4.69, 9.17) is 23.2 Å². The summed E-state index contributed by atoms with van der Waals surface area (Å²) in [5, 5.41) is 2.18. The van der Waals surface area contributed by atoms with Crippen LogP contribution in [0.2, 0.25) is 10.0 Å². The second-order valence-electron chi connectivity index (χ2n) is 12.6. The monoisotopic (exact) mass is 642 g/mol. The van der Waals surface area contributed by atoms with Crippen LogP contribution in [-0.2, 0) is 4.79 Å². The molecule has 3 heterocycles. The van der Waals surface area contributed by atoms with Crippen LogP contribution in [-0.4, -0.2) is 97.4 Å². The predicted octanol–water partition coefficient (Wildman–Crippen LogP) is 7.17. The van der Waals surface area contributed by atoms with Gasteiger partial charge in [0.15, 0.2) is 0 Å². The van der Waals surface area contributed by atoms with Gasteiger partial charge in [-0.25, -0.2) is 0 Å². The molecule has 6 nitrogen and oxygen atoms in total.